The number of carbonyl (C=O) groups is 1. The second-order valence-corrected chi connectivity index (χ2v) is 10.4. The molecule has 1 fully saturated rings. The van der Waals surface area contributed by atoms with Gasteiger partial charge in [0.05, 0.1) is 16.5 Å². The fourth-order valence-corrected chi connectivity index (χ4v) is 5.97. The number of benzene rings is 2. The zero-order valence-corrected chi connectivity index (χ0v) is 19.0. The molecule has 1 N–H and O–H groups in total. The average Bonchev–Trinajstić information content (AvgIpc) is 3.28. The van der Waals surface area contributed by atoms with Crippen molar-refractivity contribution in [1.29, 1.82) is 0 Å². The third-order valence-electron chi connectivity index (χ3n) is 5.53. The highest BCUT2D eigenvalue weighted by Gasteiger charge is 2.33. The van der Waals surface area contributed by atoms with Gasteiger partial charge in [-0.05, 0) is 37.0 Å². The number of amides is 1. The summed E-state index contributed by atoms with van der Waals surface area (Å²) in [5, 5.41) is 5.33. The topological polar surface area (TPSA) is 79.4 Å². The number of anilines is 1. The predicted octanol–water partition coefficient (Wildman–Crippen LogP) is 4.41. The van der Waals surface area contributed by atoms with E-state index in [0.717, 1.165) is 17.7 Å². The lowest BCUT2D eigenvalue weighted by Crippen LogP contribution is -2.43. The van der Waals surface area contributed by atoms with Crippen LogP contribution >= 0.6 is 11.3 Å². The normalized spacial score (nSPS) is 17.4. The number of piperidine rings is 1. The van der Waals surface area contributed by atoms with E-state index in [-0.39, 0.29) is 17.3 Å². The van der Waals surface area contributed by atoms with E-state index < -0.39 is 15.9 Å². The summed E-state index contributed by atoms with van der Waals surface area (Å²) >= 11 is 1.37. The fourth-order valence-electron chi connectivity index (χ4n) is 3.70. The Labute approximate surface area is 187 Å². The average molecular weight is 456 g/mol. The van der Waals surface area contributed by atoms with Gasteiger partial charge in [-0.15, -0.1) is 11.3 Å². The predicted molar refractivity (Wildman–Crippen MR) is 123 cm³/mol. The highest BCUT2D eigenvalue weighted by atomic mass is 32.2. The quantitative estimate of drug-likeness (QED) is 0.597. The van der Waals surface area contributed by atoms with Gasteiger partial charge >= 0.3 is 0 Å². The molecular weight excluding hydrogens is 430 g/mol. The number of hydrogen-bond acceptors (Lipinski definition) is 5. The largest absolute Gasteiger partial charge is 0.302 e. The van der Waals surface area contributed by atoms with Gasteiger partial charge in [0.25, 0.3) is 0 Å². The molecule has 8 heteroatoms. The van der Waals surface area contributed by atoms with Crippen LogP contribution in [-0.4, -0.2) is 36.7 Å². The minimum absolute atomic E-state index is 0.180. The lowest BCUT2D eigenvalue weighted by Gasteiger charge is -2.31. The monoisotopic (exact) mass is 455 g/mol. The summed E-state index contributed by atoms with van der Waals surface area (Å²) in [6.45, 7) is 2.72. The van der Waals surface area contributed by atoms with Crippen molar-refractivity contribution in [3.8, 4) is 11.3 Å². The van der Waals surface area contributed by atoms with E-state index in [4.69, 9.17) is 0 Å². The summed E-state index contributed by atoms with van der Waals surface area (Å²) in [6, 6.07) is 16.6. The van der Waals surface area contributed by atoms with Crippen molar-refractivity contribution in [1.82, 2.24) is 9.29 Å². The van der Waals surface area contributed by atoms with Crippen LogP contribution < -0.4 is 5.32 Å². The molecule has 1 aliphatic rings. The first-order valence-corrected chi connectivity index (χ1v) is 12.7. The lowest BCUT2D eigenvalue weighted by atomic mass is 9.99. The van der Waals surface area contributed by atoms with Crippen LogP contribution in [0.15, 0.2) is 64.9 Å². The maximum Gasteiger partial charge on any atom is 0.243 e. The Morgan fingerprint density at radius 1 is 1.16 bits per heavy atom. The minimum Gasteiger partial charge on any atom is -0.302 e. The number of nitrogens with one attached hydrogen (secondary N) is 1. The Balaban J connectivity index is 1.42. The molecular formula is C23H25N3O3S2. The molecule has 2 aromatic carbocycles. The van der Waals surface area contributed by atoms with Gasteiger partial charge in [0, 0.05) is 24.0 Å². The molecule has 1 unspecified atom stereocenters. The molecule has 1 aliphatic heterocycles. The second-order valence-electron chi connectivity index (χ2n) is 7.59. The molecule has 3 aromatic rings. The maximum atomic E-state index is 12.9. The van der Waals surface area contributed by atoms with Crippen LogP contribution in [0.5, 0.6) is 0 Å². The molecule has 1 saturated heterocycles. The van der Waals surface area contributed by atoms with Gasteiger partial charge in [-0.25, -0.2) is 13.4 Å². The molecule has 1 atom stereocenters. The third kappa shape index (κ3) is 4.87. The Morgan fingerprint density at radius 3 is 2.61 bits per heavy atom. The number of aryl methyl sites for hydroxylation is 1. The molecule has 0 bridgehead atoms. The molecule has 1 amide bonds. The summed E-state index contributed by atoms with van der Waals surface area (Å²) in [7, 11) is -3.60. The van der Waals surface area contributed by atoms with Crippen LogP contribution in [0.25, 0.3) is 11.3 Å². The number of aromatic nitrogens is 1. The molecule has 0 aliphatic carbocycles. The summed E-state index contributed by atoms with van der Waals surface area (Å²) in [6.07, 6.45) is 2.29. The highest BCUT2D eigenvalue weighted by molar-refractivity contribution is 7.89. The van der Waals surface area contributed by atoms with E-state index in [9.17, 15) is 13.2 Å². The van der Waals surface area contributed by atoms with Crippen LogP contribution in [0, 0.1) is 5.92 Å². The molecule has 31 heavy (non-hydrogen) atoms. The zero-order valence-electron chi connectivity index (χ0n) is 17.3. The molecule has 0 saturated carbocycles. The van der Waals surface area contributed by atoms with E-state index >= 15 is 0 Å². The Kier molecular flexibility index (Phi) is 6.50. The Morgan fingerprint density at radius 2 is 1.90 bits per heavy atom. The number of hydrogen-bond donors (Lipinski definition) is 1. The van der Waals surface area contributed by atoms with Gasteiger partial charge in [-0.1, -0.05) is 49.4 Å². The maximum absolute atomic E-state index is 12.9. The van der Waals surface area contributed by atoms with Crippen molar-refractivity contribution in [2.45, 2.75) is 31.1 Å². The first kappa shape index (κ1) is 21.7. The van der Waals surface area contributed by atoms with Crippen LogP contribution in [0.2, 0.25) is 0 Å². The van der Waals surface area contributed by atoms with Gasteiger partial charge in [0.15, 0.2) is 5.13 Å². The smallest absolute Gasteiger partial charge is 0.243 e. The van der Waals surface area contributed by atoms with Crippen LogP contribution in [0.1, 0.15) is 25.3 Å². The number of rotatable bonds is 6. The van der Waals surface area contributed by atoms with Crippen LogP contribution in [-0.2, 0) is 21.2 Å². The minimum atomic E-state index is -3.60. The standard InChI is InChI=1S/C23H25N3O3S2/c1-2-17-10-12-18(13-11-17)21-16-30-23(24-21)25-22(27)19-7-6-14-26(15-19)31(28,29)20-8-4-3-5-9-20/h3-5,8-13,16,19H,2,6-7,14-15H2,1H3,(H,24,25,27). The zero-order chi connectivity index (χ0) is 21.8. The highest BCUT2D eigenvalue weighted by Crippen LogP contribution is 2.28. The molecule has 0 spiro atoms. The number of nitrogens with zero attached hydrogens (tertiary/aromatic N) is 2. The van der Waals surface area contributed by atoms with Gasteiger partial charge in [0.1, 0.15) is 0 Å². The summed E-state index contributed by atoms with van der Waals surface area (Å²) in [5.74, 6) is -0.585. The Hall–Kier alpha value is -2.55. The molecule has 2 heterocycles. The van der Waals surface area contributed by atoms with Crippen molar-refractivity contribution in [3.63, 3.8) is 0 Å². The van der Waals surface area contributed by atoms with Crippen molar-refractivity contribution < 1.29 is 13.2 Å². The SMILES string of the molecule is CCc1ccc(-c2csc(NC(=O)C3CCCN(S(=O)(=O)c4ccccc4)C3)n2)cc1. The van der Waals surface area contributed by atoms with Crippen molar-refractivity contribution >= 4 is 32.4 Å². The van der Waals surface area contributed by atoms with Crippen molar-refractivity contribution in [3.05, 3.63) is 65.5 Å². The summed E-state index contributed by atoms with van der Waals surface area (Å²) in [4.78, 5) is 17.6. The lowest BCUT2D eigenvalue weighted by molar-refractivity contribution is -0.120. The van der Waals surface area contributed by atoms with E-state index in [1.807, 2.05) is 17.5 Å². The van der Waals surface area contributed by atoms with E-state index in [2.05, 4.69) is 29.4 Å². The number of thiazole rings is 1. The number of carbonyl (C=O) groups excluding carboxylic acids is 1. The van der Waals surface area contributed by atoms with Crippen LogP contribution in [0.3, 0.4) is 0 Å². The molecule has 6 nitrogen and oxygen atoms in total. The molecule has 1 aromatic heterocycles. The first-order valence-electron chi connectivity index (χ1n) is 10.4. The summed E-state index contributed by atoms with van der Waals surface area (Å²) < 4.78 is 27.2. The molecule has 0 radical (unpaired) electrons. The van der Waals surface area contributed by atoms with E-state index in [1.165, 1.54) is 21.2 Å². The third-order valence-corrected chi connectivity index (χ3v) is 8.17. The van der Waals surface area contributed by atoms with Crippen molar-refractivity contribution in [2.24, 2.45) is 5.92 Å². The molecule has 4 rings (SSSR count). The van der Waals surface area contributed by atoms with E-state index in [0.29, 0.717) is 24.5 Å². The first-order chi connectivity index (χ1) is 15.0. The Bertz CT molecular complexity index is 1140. The number of sulfonamides is 1. The van der Waals surface area contributed by atoms with Crippen LogP contribution in [0.4, 0.5) is 5.13 Å². The van der Waals surface area contributed by atoms with E-state index in [1.54, 1.807) is 30.3 Å². The summed E-state index contributed by atoms with van der Waals surface area (Å²) in [5.41, 5.74) is 3.09. The molecule has 162 valence electrons. The van der Waals surface area contributed by atoms with Crippen molar-refractivity contribution in [2.75, 3.05) is 18.4 Å². The van der Waals surface area contributed by atoms with Gasteiger partial charge < -0.3 is 5.32 Å². The van der Waals surface area contributed by atoms with Gasteiger partial charge in [0.2, 0.25) is 15.9 Å². The fraction of sp³-hybridized carbons (Fsp3) is 0.304. The second kappa shape index (κ2) is 9.30. The van der Waals surface area contributed by atoms with Gasteiger partial charge in [-0.3, -0.25) is 4.79 Å². The van der Waals surface area contributed by atoms with Gasteiger partial charge in [-0.2, -0.15) is 4.31 Å².